The number of hydrogen-bond donors (Lipinski definition) is 0. The van der Waals surface area contributed by atoms with Crippen LogP contribution < -0.4 is 4.90 Å². The summed E-state index contributed by atoms with van der Waals surface area (Å²) in [7, 11) is 0. The normalized spacial score (nSPS) is 14.4. The van der Waals surface area contributed by atoms with Gasteiger partial charge in [0.15, 0.2) is 5.76 Å². The molecule has 28 heavy (non-hydrogen) atoms. The van der Waals surface area contributed by atoms with Gasteiger partial charge < -0.3 is 14.2 Å². The van der Waals surface area contributed by atoms with Crippen molar-refractivity contribution in [3.63, 3.8) is 0 Å². The van der Waals surface area contributed by atoms with E-state index in [0.29, 0.717) is 26.6 Å². The molecule has 2 aromatic carbocycles. The number of furan rings is 1. The lowest BCUT2D eigenvalue weighted by Crippen LogP contribution is -2.48. The summed E-state index contributed by atoms with van der Waals surface area (Å²) < 4.78 is 19.1. The van der Waals surface area contributed by atoms with Gasteiger partial charge in [-0.05, 0) is 54.6 Å². The largest absolute Gasteiger partial charge is 0.454 e. The second-order valence-corrected chi connectivity index (χ2v) is 7.75. The van der Waals surface area contributed by atoms with Crippen LogP contribution in [0.2, 0.25) is 10.0 Å². The number of anilines is 1. The summed E-state index contributed by atoms with van der Waals surface area (Å²) in [5.41, 5.74) is 1.87. The molecule has 7 heteroatoms. The second-order valence-electron chi connectivity index (χ2n) is 6.55. The highest BCUT2D eigenvalue weighted by molar-refractivity contribution is 7.80. The van der Waals surface area contributed by atoms with Crippen LogP contribution in [-0.2, 0) is 0 Å². The third-order valence-electron chi connectivity index (χ3n) is 4.78. The van der Waals surface area contributed by atoms with E-state index in [4.69, 9.17) is 39.8 Å². The molecule has 0 spiro atoms. The highest BCUT2D eigenvalue weighted by Crippen LogP contribution is 2.30. The van der Waals surface area contributed by atoms with Crippen molar-refractivity contribution in [1.29, 1.82) is 0 Å². The van der Waals surface area contributed by atoms with Gasteiger partial charge in [-0.3, -0.25) is 0 Å². The van der Waals surface area contributed by atoms with Crippen LogP contribution in [0.1, 0.15) is 5.76 Å². The van der Waals surface area contributed by atoms with Crippen molar-refractivity contribution in [2.24, 2.45) is 0 Å². The van der Waals surface area contributed by atoms with E-state index in [1.165, 1.54) is 12.1 Å². The fourth-order valence-electron chi connectivity index (χ4n) is 3.23. The van der Waals surface area contributed by atoms with Crippen LogP contribution in [0.4, 0.5) is 10.1 Å². The molecule has 1 aliphatic heterocycles. The molecule has 0 atom stereocenters. The molecule has 0 saturated carbocycles. The predicted octanol–water partition coefficient (Wildman–Crippen LogP) is 5.89. The highest BCUT2D eigenvalue weighted by Gasteiger charge is 2.22. The molecule has 0 N–H and O–H groups in total. The monoisotopic (exact) mass is 434 g/mol. The van der Waals surface area contributed by atoms with Crippen LogP contribution in [-0.4, -0.2) is 36.1 Å². The summed E-state index contributed by atoms with van der Waals surface area (Å²) in [6.07, 6.45) is 0. The van der Waals surface area contributed by atoms with Gasteiger partial charge in [-0.25, -0.2) is 4.39 Å². The van der Waals surface area contributed by atoms with Gasteiger partial charge in [0.2, 0.25) is 0 Å². The van der Waals surface area contributed by atoms with E-state index in [0.717, 1.165) is 37.4 Å². The fraction of sp³-hybridized carbons (Fsp3) is 0.190. The highest BCUT2D eigenvalue weighted by atomic mass is 35.5. The molecule has 0 radical (unpaired) electrons. The van der Waals surface area contributed by atoms with E-state index in [-0.39, 0.29) is 5.82 Å². The quantitative estimate of drug-likeness (QED) is 0.478. The molecule has 4 rings (SSSR count). The molecule has 144 valence electrons. The van der Waals surface area contributed by atoms with Crippen molar-refractivity contribution in [2.75, 3.05) is 31.1 Å². The van der Waals surface area contributed by atoms with Crippen LogP contribution in [0.3, 0.4) is 0 Å². The molecule has 0 unspecified atom stereocenters. The number of hydrogen-bond acceptors (Lipinski definition) is 3. The van der Waals surface area contributed by atoms with Crippen LogP contribution in [0.15, 0.2) is 59.0 Å². The number of nitrogens with zero attached hydrogens (tertiary/aromatic N) is 2. The van der Waals surface area contributed by atoms with Crippen LogP contribution in [0, 0.1) is 5.82 Å². The Kier molecular flexibility index (Phi) is 5.58. The Morgan fingerprint density at radius 1 is 0.893 bits per heavy atom. The summed E-state index contributed by atoms with van der Waals surface area (Å²) in [5.74, 6) is 1.13. The van der Waals surface area contributed by atoms with Crippen LogP contribution >= 0.6 is 35.4 Å². The van der Waals surface area contributed by atoms with Crippen molar-refractivity contribution >= 4 is 46.1 Å². The van der Waals surface area contributed by atoms with Crippen LogP contribution in [0.25, 0.3) is 11.3 Å². The van der Waals surface area contributed by atoms with Gasteiger partial charge in [0.25, 0.3) is 0 Å². The molecular weight excluding hydrogens is 418 g/mol. The van der Waals surface area contributed by atoms with Gasteiger partial charge in [-0.1, -0.05) is 35.4 Å². The molecule has 1 aromatic heterocycles. The average Bonchev–Trinajstić information content (AvgIpc) is 3.20. The van der Waals surface area contributed by atoms with Crippen molar-refractivity contribution in [3.05, 3.63) is 76.2 Å². The summed E-state index contributed by atoms with van der Waals surface area (Å²) in [5, 5.41) is 0.989. The fourth-order valence-corrected chi connectivity index (χ4v) is 3.82. The molecule has 0 aliphatic carbocycles. The standard InChI is InChI=1S/C21H17Cl2FN2OS/c22-17-6-1-14(13-18(17)23)19-7-8-20(27-19)21(28)26-11-9-25(10-12-26)16-4-2-15(24)3-5-16/h1-8,13H,9-12H2. The van der Waals surface area contributed by atoms with Gasteiger partial charge in [0.05, 0.1) is 10.0 Å². The Bertz CT molecular complexity index is 998. The zero-order chi connectivity index (χ0) is 19.7. The number of halogens is 3. The molecular formula is C21H17Cl2FN2OS. The number of rotatable bonds is 3. The number of piperazine rings is 1. The van der Waals surface area contributed by atoms with E-state index in [9.17, 15) is 4.39 Å². The Morgan fingerprint density at radius 3 is 2.29 bits per heavy atom. The van der Waals surface area contributed by atoms with Gasteiger partial charge >= 0.3 is 0 Å². The summed E-state index contributed by atoms with van der Waals surface area (Å²) in [6, 6.07) is 15.7. The number of thiocarbonyl (C=S) groups is 1. The first kappa shape index (κ1) is 19.2. The summed E-state index contributed by atoms with van der Waals surface area (Å²) >= 11 is 17.7. The van der Waals surface area contributed by atoms with E-state index < -0.39 is 0 Å². The Hall–Kier alpha value is -2.08. The molecule has 0 amide bonds. The lowest BCUT2D eigenvalue weighted by Gasteiger charge is -2.37. The molecule has 3 nitrogen and oxygen atoms in total. The van der Waals surface area contributed by atoms with Crippen molar-refractivity contribution < 1.29 is 8.81 Å². The number of benzene rings is 2. The first-order chi connectivity index (χ1) is 13.5. The van der Waals surface area contributed by atoms with Crippen LogP contribution in [0.5, 0.6) is 0 Å². The van der Waals surface area contributed by atoms with E-state index in [2.05, 4.69) is 9.80 Å². The lowest BCUT2D eigenvalue weighted by molar-refractivity contribution is 0.385. The topological polar surface area (TPSA) is 19.6 Å². The maximum atomic E-state index is 13.1. The third-order valence-corrected chi connectivity index (χ3v) is 5.98. The summed E-state index contributed by atoms with van der Waals surface area (Å²) in [6.45, 7) is 3.18. The molecule has 1 saturated heterocycles. The van der Waals surface area contributed by atoms with Gasteiger partial charge in [0.1, 0.15) is 16.6 Å². The van der Waals surface area contributed by atoms with E-state index in [1.54, 1.807) is 24.3 Å². The summed E-state index contributed by atoms with van der Waals surface area (Å²) in [4.78, 5) is 5.04. The maximum absolute atomic E-state index is 13.1. The lowest BCUT2D eigenvalue weighted by atomic mass is 10.2. The van der Waals surface area contributed by atoms with Crippen molar-refractivity contribution in [3.8, 4) is 11.3 Å². The molecule has 1 aliphatic rings. The smallest absolute Gasteiger partial charge is 0.162 e. The van der Waals surface area contributed by atoms with E-state index in [1.807, 2.05) is 18.2 Å². The minimum Gasteiger partial charge on any atom is -0.454 e. The minimum atomic E-state index is -0.223. The first-order valence-electron chi connectivity index (χ1n) is 8.86. The van der Waals surface area contributed by atoms with Gasteiger partial charge in [-0.15, -0.1) is 0 Å². The first-order valence-corrected chi connectivity index (χ1v) is 10.0. The molecule has 2 heterocycles. The molecule has 1 fully saturated rings. The Labute approximate surface area is 178 Å². The molecule has 0 bridgehead atoms. The average molecular weight is 435 g/mol. The van der Waals surface area contributed by atoms with E-state index >= 15 is 0 Å². The Morgan fingerprint density at radius 2 is 1.61 bits per heavy atom. The second kappa shape index (κ2) is 8.11. The maximum Gasteiger partial charge on any atom is 0.162 e. The zero-order valence-corrected chi connectivity index (χ0v) is 17.2. The van der Waals surface area contributed by atoms with Crippen molar-refractivity contribution in [2.45, 2.75) is 0 Å². The van der Waals surface area contributed by atoms with Gasteiger partial charge in [0, 0.05) is 37.4 Å². The third kappa shape index (κ3) is 4.02. The minimum absolute atomic E-state index is 0.223. The van der Waals surface area contributed by atoms with Crippen molar-refractivity contribution in [1.82, 2.24) is 4.90 Å². The Balaban J connectivity index is 1.42. The predicted molar refractivity (Wildman–Crippen MR) is 116 cm³/mol. The van der Waals surface area contributed by atoms with Gasteiger partial charge in [-0.2, -0.15) is 0 Å². The SMILES string of the molecule is Fc1ccc(N2CCN(C(=S)c3ccc(-c4ccc(Cl)c(Cl)c4)o3)CC2)cc1. The zero-order valence-electron chi connectivity index (χ0n) is 14.9. The molecule has 3 aromatic rings.